The van der Waals surface area contributed by atoms with Gasteiger partial charge in [0.1, 0.15) is 11.5 Å². The van der Waals surface area contributed by atoms with Crippen molar-refractivity contribution < 1.29 is 24.6 Å². The van der Waals surface area contributed by atoms with Gasteiger partial charge in [0.05, 0.1) is 11.1 Å². The van der Waals surface area contributed by atoms with E-state index in [1.807, 2.05) is 13.8 Å². The second kappa shape index (κ2) is 6.41. The van der Waals surface area contributed by atoms with E-state index in [0.29, 0.717) is 41.0 Å². The lowest BCUT2D eigenvalue weighted by molar-refractivity contribution is 0.0811. The summed E-state index contributed by atoms with van der Waals surface area (Å²) in [6.45, 7) is 5.61. The molecule has 3 rings (SSSR count). The molecule has 5 heteroatoms. The van der Waals surface area contributed by atoms with Crippen molar-refractivity contribution in [1.82, 2.24) is 0 Å². The van der Waals surface area contributed by atoms with Gasteiger partial charge >= 0.3 is 0 Å². The Morgan fingerprint density at radius 3 is 2.35 bits per heavy atom. The van der Waals surface area contributed by atoms with Crippen LogP contribution in [0.1, 0.15) is 63.3 Å². The fraction of sp³-hybridized carbons (Fsp3) is 0.286. The first-order valence-corrected chi connectivity index (χ1v) is 8.55. The molecular weight excluding hydrogens is 332 g/mol. The van der Waals surface area contributed by atoms with E-state index in [9.17, 15) is 24.6 Å². The molecule has 0 amide bonds. The van der Waals surface area contributed by atoms with Gasteiger partial charge in [0.15, 0.2) is 5.78 Å². The molecule has 0 spiro atoms. The third-order valence-electron chi connectivity index (χ3n) is 4.80. The maximum Gasteiger partial charge on any atom is 0.238 e. The van der Waals surface area contributed by atoms with Crippen molar-refractivity contribution >= 4 is 17.3 Å². The molecule has 134 valence electrons. The topological polar surface area (TPSA) is 91.7 Å². The molecule has 0 unspecified atom stereocenters. The molecule has 0 fully saturated rings. The average molecular weight is 352 g/mol. The van der Waals surface area contributed by atoms with E-state index in [0.717, 1.165) is 0 Å². The predicted octanol–water partition coefficient (Wildman–Crippen LogP) is 4.07. The molecule has 0 heterocycles. The minimum Gasteiger partial charge on any atom is -0.507 e. The quantitative estimate of drug-likeness (QED) is 0.639. The third-order valence-corrected chi connectivity index (χ3v) is 4.80. The first-order chi connectivity index (χ1) is 12.2. The highest BCUT2D eigenvalue weighted by Gasteiger charge is 2.36. The number of fused-ring (bicyclic) bond motifs is 3. The first kappa shape index (κ1) is 17.9. The van der Waals surface area contributed by atoms with E-state index in [2.05, 4.69) is 0 Å². The fourth-order valence-corrected chi connectivity index (χ4v) is 3.28. The second-order valence-electron chi connectivity index (χ2n) is 7.03. The lowest BCUT2D eigenvalue weighted by Crippen LogP contribution is -2.22. The van der Waals surface area contributed by atoms with Crippen LogP contribution in [-0.2, 0) is 0 Å². The largest absolute Gasteiger partial charge is 0.507 e. The van der Waals surface area contributed by atoms with Crippen molar-refractivity contribution in [2.45, 2.75) is 33.6 Å². The van der Waals surface area contributed by atoms with Crippen molar-refractivity contribution in [2.24, 2.45) is 5.92 Å². The number of carbonyl (C=O) groups excluding carboxylic acids is 3. The van der Waals surface area contributed by atoms with Crippen LogP contribution in [0.5, 0.6) is 11.5 Å². The Hall–Kier alpha value is -2.95. The molecular formula is C21H20O5. The number of rotatable bonds is 4. The van der Waals surface area contributed by atoms with Gasteiger partial charge < -0.3 is 10.2 Å². The second-order valence-corrected chi connectivity index (χ2v) is 7.03. The van der Waals surface area contributed by atoms with Gasteiger partial charge in [-0.2, -0.15) is 0 Å². The monoisotopic (exact) mass is 352 g/mol. The van der Waals surface area contributed by atoms with E-state index in [-0.39, 0.29) is 28.4 Å². The number of aromatic hydroxyl groups is 2. The van der Waals surface area contributed by atoms with Crippen LogP contribution in [0, 0.1) is 12.8 Å². The maximum absolute atomic E-state index is 12.6. The molecule has 0 radical (unpaired) electrons. The highest BCUT2D eigenvalue weighted by atomic mass is 16.3. The van der Waals surface area contributed by atoms with Gasteiger partial charge in [-0.15, -0.1) is 0 Å². The summed E-state index contributed by atoms with van der Waals surface area (Å²) in [6, 6.07) is 6.03. The van der Waals surface area contributed by atoms with E-state index < -0.39 is 11.6 Å². The van der Waals surface area contributed by atoms with Crippen LogP contribution in [0.15, 0.2) is 24.3 Å². The molecule has 0 saturated carbocycles. The summed E-state index contributed by atoms with van der Waals surface area (Å²) >= 11 is 0. The van der Waals surface area contributed by atoms with E-state index in [4.69, 9.17) is 0 Å². The summed E-state index contributed by atoms with van der Waals surface area (Å²) in [5.74, 6) is -2.14. The van der Waals surface area contributed by atoms with Gasteiger partial charge in [-0.3, -0.25) is 14.4 Å². The lowest BCUT2D eigenvalue weighted by Gasteiger charge is -2.22. The van der Waals surface area contributed by atoms with Crippen molar-refractivity contribution in [3.05, 3.63) is 46.5 Å². The number of phenolic OH excluding ortho intramolecular Hbond substituents is 2. The Kier molecular flexibility index (Phi) is 4.40. The number of benzene rings is 2. The van der Waals surface area contributed by atoms with Gasteiger partial charge in [0, 0.05) is 17.5 Å². The Balaban J connectivity index is 2.24. The number of carbonyl (C=O) groups is 3. The van der Waals surface area contributed by atoms with Crippen LogP contribution in [0.25, 0.3) is 11.1 Å². The molecule has 1 aliphatic carbocycles. The molecule has 1 aliphatic rings. The molecule has 0 atom stereocenters. The standard InChI is InChI=1S/C21H20O5/c1-10(2)7-8-15(22)13-9-14-12-5-4-6-16(23)17(12)20(25)21(26)18(14)19(24)11(13)3/h4-6,9-10,23-24H,7-8H2,1-3H3. The molecule has 0 aromatic heterocycles. The zero-order valence-electron chi connectivity index (χ0n) is 14.9. The summed E-state index contributed by atoms with van der Waals surface area (Å²) in [5.41, 5.74) is 1.08. The number of phenols is 2. The SMILES string of the molecule is Cc1c(C(=O)CCC(C)C)cc2c(c1O)C(=O)C(=O)c1c(O)cccc1-2. The summed E-state index contributed by atoms with van der Waals surface area (Å²) in [6.07, 6.45) is 1.04. The van der Waals surface area contributed by atoms with Crippen LogP contribution in [0.4, 0.5) is 0 Å². The molecule has 2 aromatic carbocycles. The van der Waals surface area contributed by atoms with Gasteiger partial charge in [0.2, 0.25) is 11.6 Å². The maximum atomic E-state index is 12.6. The van der Waals surface area contributed by atoms with E-state index in [1.165, 1.54) is 6.07 Å². The number of hydrogen-bond donors (Lipinski definition) is 2. The van der Waals surface area contributed by atoms with E-state index >= 15 is 0 Å². The van der Waals surface area contributed by atoms with Gasteiger partial charge in [-0.25, -0.2) is 0 Å². The van der Waals surface area contributed by atoms with E-state index in [1.54, 1.807) is 25.1 Å². The first-order valence-electron chi connectivity index (χ1n) is 8.55. The predicted molar refractivity (Wildman–Crippen MR) is 97.0 cm³/mol. The molecule has 0 aliphatic heterocycles. The lowest BCUT2D eigenvalue weighted by atomic mass is 9.80. The Morgan fingerprint density at radius 2 is 1.69 bits per heavy atom. The normalized spacial score (nSPS) is 12.9. The minimum atomic E-state index is -0.879. The third kappa shape index (κ3) is 2.69. The number of hydrogen-bond acceptors (Lipinski definition) is 5. The van der Waals surface area contributed by atoms with Crippen molar-refractivity contribution in [1.29, 1.82) is 0 Å². The van der Waals surface area contributed by atoms with Crippen molar-refractivity contribution in [2.75, 3.05) is 0 Å². The smallest absolute Gasteiger partial charge is 0.238 e. The molecule has 5 nitrogen and oxygen atoms in total. The molecule has 2 aromatic rings. The Morgan fingerprint density at radius 1 is 1.04 bits per heavy atom. The fourth-order valence-electron chi connectivity index (χ4n) is 3.28. The summed E-state index contributed by atoms with van der Waals surface area (Å²) in [5, 5.41) is 20.6. The van der Waals surface area contributed by atoms with Crippen LogP contribution < -0.4 is 0 Å². The van der Waals surface area contributed by atoms with Crippen LogP contribution in [0.3, 0.4) is 0 Å². The van der Waals surface area contributed by atoms with Crippen molar-refractivity contribution in [3.63, 3.8) is 0 Å². The highest BCUT2D eigenvalue weighted by Crippen LogP contribution is 2.43. The Bertz CT molecular complexity index is 953. The average Bonchev–Trinajstić information content (AvgIpc) is 2.59. The molecule has 0 saturated heterocycles. The summed E-state index contributed by atoms with van der Waals surface area (Å²) in [4.78, 5) is 37.5. The summed E-state index contributed by atoms with van der Waals surface area (Å²) in [7, 11) is 0. The highest BCUT2D eigenvalue weighted by molar-refractivity contribution is 6.54. The number of ketones is 3. The molecule has 2 N–H and O–H groups in total. The van der Waals surface area contributed by atoms with Gasteiger partial charge in [-0.05, 0) is 42.5 Å². The summed E-state index contributed by atoms with van der Waals surface area (Å²) < 4.78 is 0. The van der Waals surface area contributed by atoms with Crippen LogP contribution in [-0.4, -0.2) is 27.6 Å². The van der Waals surface area contributed by atoms with Crippen LogP contribution >= 0.6 is 0 Å². The molecule has 26 heavy (non-hydrogen) atoms. The molecule has 0 bridgehead atoms. The number of Topliss-reactive ketones (excluding diaryl/α,β-unsaturated/α-hetero) is 3. The van der Waals surface area contributed by atoms with Gasteiger partial charge in [-0.1, -0.05) is 26.0 Å². The van der Waals surface area contributed by atoms with Gasteiger partial charge in [0.25, 0.3) is 0 Å². The zero-order chi connectivity index (χ0) is 19.2. The van der Waals surface area contributed by atoms with Crippen molar-refractivity contribution in [3.8, 4) is 22.6 Å². The Labute approximate surface area is 151 Å². The minimum absolute atomic E-state index is 0.0890. The van der Waals surface area contributed by atoms with Crippen LogP contribution in [0.2, 0.25) is 0 Å². The zero-order valence-corrected chi connectivity index (χ0v) is 14.9.